The summed E-state index contributed by atoms with van der Waals surface area (Å²) in [5.41, 5.74) is 5.59. The Labute approximate surface area is 94.7 Å². The van der Waals surface area contributed by atoms with Gasteiger partial charge >= 0.3 is 6.03 Å². The lowest BCUT2D eigenvalue weighted by Crippen LogP contribution is -2.49. The van der Waals surface area contributed by atoms with Crippen molar-refractivity contribution in [3.05, 3.63) is 0 Å². The van der Waals surface area contributed by atoms with E-state index in [-0.39, 0.29) is 17.9 Å². The molecule has 3 N–H and O–H groups in total. The number of urea groups is 1. The summed E-state index contributed by atoms with van der Waals surface area (Å²) in [4.78, 5) is 15.7. The fraction of sp³-hybridized carbons (Fsp3) is 0.800. The van der Waals surface area contributed by atoms with Crippen LogP contribution in [0, 0.1) is 0 Å². The first-order chi connectivity index (χ1) is 7.74. The van der Waals surface area contributed by atoms with E-state index in [1.165, 1.54) is 0 Å². The van der Waals surface area contributed by atoms with Crippen molar-refractivity contribution < 1.29 is 10.0 Å². The van der Waals surface area contributed by atoms with Crippen molar-refractivity contribution in [1.82, 2.24) is 9.80 Å². The second-order valence-corrected chi connectivity index (χ2v) is 4.35. The van der Waals surface area contributed by atoms with E-state index in [1.807, 2.05) is 4.90 Å². The number of amidine groups is 1. The lowest BCUT2D eigenvalue weighted by atomic mass is 10.2. The normalized spacial score (nSPS) is 26.5. The Morgan fingerprint density at radius 2 is 1.94 bits per heavy atom. The molecule has 0 spiro atoms. The van der Waals surface area contributed by atoms with Crippen molar-refractivity contribution in [2.75, 3.05) is 19.6 Å². The van der Waals surface area contributed by atoms with Crippen molar-refractivity contribution in [3.8, 4) is 0 Å². The molecule has 6 nitrogen and oxygen atoms in total. The molecule has 16 heavy (non-hydrogen) atoms. The molecule has 2 amide bonds. The number of nitrogens with zero attached hydrogens (tertiary/aromatic N) is 3. The molecule has 2 fully saturated rings. The van der Waals surface area contributed by atoms with Gasteiger partial charge in [0.1, 0.15) is 0 Å². The molecule has 1 unspecified atom stereocenters. The molecule has 2 aliphatic heterocycles. The fourth-order valence-electron chi connectivity index (χ4n) is 2.46. The van der Waals surface area contributed by atoms with Gasteiger partial charge in [0.25, 0.3) is 0 Å². The van der Waals surface area contributed by atoms with E-state index in [0.717, 1.165) is 38.8 Å². The molecule has 0 aromatic rings. The zero-order valence-electron chi connectivity index (χ0n) is 9.30. The highest BCUT2D eigenvalue weighted by molar-refractivity contribution is 5.90. The third-order valence-corrected chi connectivity index (χ3v) is 3.33. The molecule has 2 heterocycles. The molecule has 2 rings (SSSR count). The number of rotatable bonds is 1. The lowest BCUT2D eigenvalue weighted by Gasteiger charge is -2.28. The molecule has 0 radical (unpaired) electrons. The Kier molecular flexibility index (Phi) is 3.17. The number of carbonyl (C=O) groups is 1. The van der Waals surface area contributed by atoms with Gasteiger partial charge in [-0.1, -0.05) is 5.16 Å². The van der Waals surface area contributed by atoms with Gasteiger partial charge in [0.05, 0.1) is 6.04 Å². The second-order valence-electron chi connectivity index (χ2n) is 4.35. The summed E-state index contributed by atoms with van der Waals surface area (Å²) in [5.74, 6) is 0.144. The predicted molar refractivity (Wildman–Crippen MR) is 59.3 cm³/mol. The smallest absolute Gasteiger partial charge is 0.320 e. The molecule has 0 aromatic heterocycles. The Morgan fingerprint density at radius 3 is 2.56 bits per heavy atom. The standard InChI is InChI=1S/C10H18N4O2/c11-9(12-16)8-4-3-7-14(8)10(15)13-5-1-2-6-13/h8,16H,1-7H2,(H2,11,12). The molecule has 2 saturated heterocycles. The molecular weight excluding hydrogens is 208 g/mol. The summed E-state index contributed by atoms with van der Waals surface area (Å²) in [6.07, 6.45) is 3.86. The van der Waals surface area contributed by atoms with Crippen LogP contribution in [0.2, 0.25) is 0 Å². The zero-order valence-corrected chi connectivity index (χ0v) is 9.30. The largest absolute Gasteiger partial charge is 0.409 e. The van der Waals surface area contributed by atoms with E-state index in [1.54, 1.807) is 4.90 Å². The molecule has 2 aliphatic rings. The van der Waals surface area contributed by atoms with Gasteiger partial charge in [-0.15, -0.1) is 0 Å². The third-order valence-electron chi connectivity index (χ3n) is 3.33. The van der Waals surface area contributed by atoms with Gasteiger partial charge in [-0.25, -0.2) is 4.79 Å². The van der Waals surface area contributed by atoms with Gasteiger partial charge in [-0.3, -0.25) is 0 Å². The van der Waals surface area contributed by atoms with Gasteiger partial charge in [0.15, 0.2) is 5.84 Å². The summed E-state index contributed by atoms with van der Waals surface area (Å²) in [6, 6.07) is -0.190. The number of oxime groups is 1. The number of hydrogen-bond acceptors (Lipinski definition) is 3. The lowest BCUT2D eigenvalue weighted by molar-refractivity contribution is 0.166. The SMILES string of the molecule is NC(=NO)C1CCCN1C(=O)N1CCCC1. The van der Waals surface area contributed by atoms with Gasteiger partial charge in [0, 0.05) is 19.6 Å². The molecule has 0 saturated carbocycles. The monoisotopic (exact) mass is 226 g/mol. The summed E-state index contributed by atoms with van der Waals surface area (Å²) in [7, 11) is 0. The molecule has 0 aliphatic carbocycles. The average Bonchev–Trinajstić information content (AvgIpc) is 2.97. The minimum atomic E-state index is -0.224. The van der Waals surface area contributed by atoms with E-state index >= 15 is 0 Å². The molecule has 6 heteroatoms. The number of likely N-dealkylation sites (tertiary alicyclic amines) is 2. The summed E-state index contributed by atoms with van der Waals surface area (Å²) >= 11 is 0. The topological polar surface area (TPSA) is 82.2 Å². The van der Waals surface area contributed by atoms with Crippen LogP contribution in [0.4, 0.5) is 4.79 Å². The van der Waals surface area contributed by atoms with Crippen LogP contribution < -0.4 is 5.73 Å². The number of hydrogen-bond donors (Lipinski definition) is 2. The van der Waals surface area contributed by atoms with Crippen LogP contribution in [0.5, 0.6) is 0 Å². The Hall–Kier alpha value is -1.46. The van der Waals surface area contributed by atoms with E-state index in [9.17, 15) is 4.79 Å². The Morgan fingerprint density at radius 1 is 1.25 bits per heavy atom. The van der Waals surface area contributed by atoms with Crippen LogP contribution in [0.3, 0.4) is 0 Å². The van der Waals surface area contributed by atoms with Crippen molar-refractivity contribution in [1.29, 1.82) is 0 Å². The highest BCUT2D eigenvalue weighted by Gasteiger charge is 2.34. The molecule has 1 atom stereocenters. The van der Waals surface area contributed by atoms with Crippen molar-refractivity contribution >= 4 is 11.9 Å². The number of carbonyl (C=O) groups excluding carboxylic acids is 1. The van der Waals surface area contributed by atoms with Gasteiger partial charge in [-0.2, -0.15) is 0 Å². The van der Waals surface area contributed by atoms with Gasteiger partial charge in [-0.05, 0) is 25.7 Å². The van der Waals surface area contributed by atoms with Crippen LogP contribution in [0.1, 0.15) is 25.7 Å². The van der Waals surface area contributed by atoms with Crippen LogP contribution in [0.15, 0.2) is 5.16 Å². The third kappa shape index (κ3) is 1.91. The predicted octanol–water partition coefficient (Wildman–Crippen LogP) is 0.413. The first-order valence-electron chi connectivity index (χ1n) is 5.77. The van der Waals surface area contributed by atoms with Crippen molar-refractivity contribution in [3.63, 3.8) is 0 Å². The van der Waals surface area contributed by atoms with E-state index in [2.05, 4.69) is 5.16 Å². The summed E-state index contributed by atoms with van der Waals surface area (Å²) < 4.78 is 0. The average molecular weight is 226 g/mol. The number of nitrogens with two attached hydrogens (primary N) is 1. The summed E-state index contributed by atoms with van der Waals surface area (Å²) in [6.45, 7) is 2.37. The maximum Gasteiger partial charge on any atom is 0.320 e. The van der Waals surface area contributed by atoms with Crippen LogP contribution >= 0.6 is 0 Å². The highest BCUT2D eigenvalue weighted by Crippen LogP contribution is 2.21. The minimum absolute atomic E-state index is 0.0339. The molecule has 0 aromatic carbocycles. The van der Waals surface area contributed by atoms with E-state index < -0.39 is 0 Å². The molecule has 90 valence electrons. The Balaban J connectivity index is 2.04. The highest BCUT2D eigenvalue weighted by atomic mass is 16.4. The minimum Gasteiger partial charge on any atom is -0.409 e. The van der Waals surface area contributed by atoms with Gasteiger partial charge in [0.2, 0.25) is 0 Å². The molecule has 0 bridgehead atoms. The first kappa shape index (κ1) is 11.0. The van der Waals surface area contributed by atoms with Crippen molar-refractivity contribution in [2.24, 2.45) is 10.9 Å². The maximum atomic E-state index is 12.1. The first-order valence-corrected chi connectivity index (χ1v) is 5.77. The van der Waals surface area contributed by atoms with E-state index in [0.29, 0.717) is 6.54 Å². The number of amides is 2. The quantitative estimate of drug-likeness (QED) is 0.294. The van der Waals surface area contributed by atoms with Crippen LogP contribution in [0.25, 0.3) is 0 Å². The van der Waals surface area contributed by atoms with Crippen LogP contribution in [-0.2, 0) is 0 Å². The van der Waals surface area contributed by atoms with Crippen LogP contribution in [-0.4, -0.2) is 52.5 Å². The zero-order chi connectivity index (χ0) is 11.5. The summed E-state index contributed by atoms with van der Waals surface area (Å²) in [5, 5.41) is 11.7. The maximum absolute atomic E-state index is 12.1. The fourth-order valence-corrected chi connectivity index (χ4v) is 2.46. The van der Waals surface area contributed by atoms with Crippen molar-refractivity contribution in [2.45, 2.75) is 31.7 Å². The second kappa shape index (κ2) is 4.59. The Bertz CT molecular complexity index is 299. The van der Waals surface area contributed by atoms with Gasteiger partial charge < -0.3 is 20.7 Å². The molecular formula is C10H18N4O2. The van der Waals surface area contributed by atoms with E-state index in [4.69, 9.17) is 10.9 Å².